The van der Waals surface area contributed by atoms with Crippen molar-refractivity contribution in [1.29, 1.82) is 0 Å². The lowest BCUT2D eigenvalue weighted by Crippen LogP contribution is -2.73. The van der Waals surface area contributed by atoms with E-state index in [2.05, 4.69) is 48.1 Å². The summed E-state index contributed by atoms with van der Waals surface area (Å²) >= 11 is 0. The maximum atomic E-state index is 13.2. The second kappa shape index (κ2) is 10.3. The van der Waals surface area contributed by atoms with E-state index in [4.69, 9.17) is 14.2 Å². The van der Waals surface area contributed by atoms with E-state index in [0.29, 0.717) is 24.2 Å². The van der Waals surface area contributed by atoms with Gasteiger partial charge in [0.05, 0.1) is 17.6 Å². The summed E-state index contributed by atoms with van der Waals surface area (Å²) < 4.78 is 18.7. The Kier molecular flexibility index (Phi) is 7.81. The minimum absolute atomic E-state index is 0.00405. The van der Waals surface area contributed by atoms with Gasteiger partial charge in [-0.2, -0.15) is 0 Å². The summed E-state index contributed by atoms with van der Waals surface area (Å²) in [5, 5.41) is 22.3. The normalized spacial score (nSPS) is 47.5. The number of fused-ring (bicyclic) bond motifs is 4. The smallest absolute Gasteiger partial charge is 0.338 e. The van der Waals surface area contributed by atoms with Gasteiger partial charge in [-0.3, -0.25) is 4.79 Å². The van der Waals surface area contributed by atoms with Gasteiger partial charge in [0.2, 0.25) is 0 Å². The summed E-state index contributed by atoms with van der Waals surface area (Å²) in [4.78, 5) is 26.0. The zero-order valence-corrected chi connectivity index (χ0v) is 26.6. The van der Waals surface area contributed by atoms with E-state index in [0.717, 1.165) is 44.1 Å². The number of cyclic esters (lactones) is 1. The van der Waals surface area contributed by atoms with Gasteiger partial charge in [0.25, 0.3) is 0 Å². The molecular formula is C34H54O7. The highest BCUT2D eigenvalue weighted by molar-refractivity contribution is 5.79. The number of aliphatic hydroxyl groups excluding tert-OH is 1. The summed E-state index contributed by atoms with van der Waals surface area (Å²) in [5.41, 5.74) is -1.86. The van der Waals surface area contributed by atoms with Crippen LogP contribution in [0.1, 0.15) is 107 Å². The van der Waals surface area contributed by atoms with Crippen molar-refractivity contribution < 1.29 is 34.0 Å². The van der Waals surface area contributed by atoms with Gasteiger partial charge in [0, 0.05) is 11.8 Å². The summed E-state index contributed by atoms with van der Waals surface area (Å²) in [6.45, 7) is 21.4. The molecular weight excluding hydrogens is 520 g/mol. The lowest BCUT2D eigenvalue weighted by Gasteiger charge is -2.67. The molecule has 7 heteroatoms. The molecule has 2 aliphatic carbocycles. The van der Waals surface area contributed by atoms with Gasteiger partial charge in [0.1, 0.15) is 17.8 Å². The fourth-order valence-electron chi connectivity index (χ4n) is 10.3. The van der Waals surface area contributed by atoms with Crippen LogP contribution < -0.4 is 0 Å². The molecule has 5 fully saturated rings. The minimum atomic E-state index is -1.37. The second-order valence-corrected chi connectivity index (χ2v) is 15.8. The number of hydrogen-bond donors (Lipinski definition) is 2. The Balaban J connectivity index is 1.41. The molecule has 0 amide bonds. The molecule has 7 nitrogen and oxygen atoms in total. The SMILES string of the molecule is C=C1[C@@H]2C[C@@H]3[C@H](C(C)C)[C@@H](OC(=O)CC(C)(O)CC(C)CC)C[C@@]3(C)C[C@H]2[C@]2(C)CC[C@@H]3[C@@H](C)OC(=O)[C@H](O)[C@]13O2. The van der Waals surface area contributed by atoms with Crippen LogP contribution in [0.3, 0.4) is 0 Å². The monoisotopic (exact) mass is 574 g/mol. The number of ether oxygens (including phenoxy) is 3. The first-order chi connectivity index (χ1) is 19.0. The fourth-order valence-corrected chi connectivity index (χ4v) is 10.3. The molecule has 1 spiro atoms. The first-order valence-electron chi connectivity index (χ1n) is 16.2. The van der Waals surface area contributed by atoms with Gasteiger partial charge in [-0.15, -0.1) is 0 Å². The molecule has 2 bridgehead atoms. The molecule has 0 aromatic heterocycles. The van der Waals surface area contributed by atoms with Crippen molar-refractivity contribution in [2.75, 3.05) is 0 Å². The van der Waals surface area contributed by atoms with Gasteiger partial charge < -0.3 is 24.4 Å². The van der Waals surface area contributed by atoms with Crippen LogP contribution >= 0.6 is 0 Å². The third-order valence-corrected chi connectivity index (χ3v) is 12.3. The third-order valence-electron chi connectivity index (χ3n) is 12.3. The standard InChI is InChI=1S/C34H54O7/c1-10-19(4)14-32(8,38)17-27(35)40-26-16-31(7)15-25-22(13-24(31)28(26)18(2)3)20(5)34-23(11-12-33(25,9)41-34)21(6)39-30(37)29(34)36/h18-19,21-26,28-29,36,38H,5,10-17H2,1-4,6-9H3/t19?,21-,22+,23-,24-,25-,26+,28+,29+,31-,32?,33+,34+/m1/s1. The molecule has 232 valence electrons. The molecule has 3 saturated heterocycles. The zero-order chi connectivity index (χ0) is 30.3. The largest absolute Gasteiger partial charge is 0.462 e. The van der Waals surface area contributed by atoms with Crippen molar-refractivity contribution in [3.8, 4) is 0 Å². The van der Waals surface area contributed by atoms with E-state index in [1.165, 1.54) is 0 Å². The highest BCUT2D eigenvalue weighted by Gasteiger charge is 2.71. The van der Waals surface area contributed by atoms with Crippen molar-refractivity contribution in [3.05, 3.63) is 12.2 Å². The van der Waals surface area contributed by atoms with Gasteiger partial charge in [0.15, 0.2) is 6.10 Å². The van der Waals surface area contributed by atoms with Gasteiger partial charge in [-0.25, -0.2) is 4.79 Å². The molecule has 0 aromatic rings. The van der Waals surface area contributed by atoms with Crippen molar-refractivity contribution in [1.82, 2.24) is 0 Å². The predicted octanol–water partition coefficient (Wildman–Crippen LogP) is 5.60. The number of hydrogen-bond acceptors (Lipinski definition) is 7. The zero-order valence-electron chi connectivity index (χ0n) is 26.6. The van der Waals surface area contributed by atoms with Crippen LogP contribution in [0.15, 0.2) is 12.2 Å². The Morgan fingerprint density at radius 3 is 2.51 bits per heavy atom. The first kappa shape index (κ1) is 31.0. The van der Waals surface area contributed by atoms with Crippen molar-refractivity contribution >= 4 is 11.9 Å². The molecule has 3 aliphatic heterocycles. The molecule has 2 saturated carbocycles. The van der Waals surface area contributed by atoms with E-state index >= 15 is 0 Å². The Bertz CT molecular complexity index is 1070. The molecule has 0 radical (unpaired) electrons. The highest BCUT2D eigenvalue weighted by atomic mass is 16.6. The fraction of sp³-hybridized carbons (Fsp3) is 0.882. The summed E-state index contributed by atoms with van der Waals surface area (Å²) in [6, 6.07) is 0. The predicted molar refractivity (Wildman–Crippen MR) is 156 cm³/mol. The maximum absolute atomic E-state index is 13.2. The lowest BCUT2D eigenvalue weighted by atomic mass is 9.48. The molecule has 2 unspecified atom stereocenters. The molecule has 13 atom stereocenters. The maximum Gasteiger partial charge on any atom is 0.338 e. The Morgan fingerprint density at radius 1 is 1.20 bits per heavy atom. The number of rotatable bonds is 7. The average Bonchev–Trinajstić information content (AvgIpc) is 3.15. The highest BCUT2D eigenvalue weighted by Crippen LogP contribution is 2.68. The lowest BCUT2D eigenvalue weighted by molar-refractivity contribution is -0.310. The molecule has 2 N–H and O–H groups in total. The van der Waals surface area contributed by atoms with Crippen LogP contribution in [0.4, 0.5) is 0 Å². The third kappa shape index (κ3) is 4.90. The van der Waals surface area contributed by atoms with Crippen LogP contribution in [0.25, 0.3) is 0 Å². The minimum Gasteiger partial charge on any atom is -0.462 e. The van der Waals surface area contributed by atoms with Gasteiger partial charge in [-0.05, 0) is 99.9 Å². The number of carbonyl (C=O) groups excluding carboxylic acids is 2. The summed E-state index contributed by atoms with van der Waals surface area (Å²) in [5.74, 6) is 0.394. The molecule has 0 aromatic carbocycles. The quantitative estimate of drug-likeness (QED) is 0.301. The van der Waals surface area contributed by atoms with Crippen LogP contribution in [-0.2, 0) is 23.8 Å². The average molecular weight is 575 g/mol. The van der Waals surface area contributed by atoms with Crippen LogP contribution in [0, 0.1) is 46.8 Å². The number of carbonyl (C=O) groups is 2. The van der Waals surface area contributed by atoms with E-state index < -0.39 is 28.9 Å². The number of aliphatic hydroxyl groups is 2. The van der Waals surface area contributed by atoms with Crippen LogP contribution in [0.2, 0.25) is 0 Å². The van der Waals surface area contributed by atoms with Crippen LogP contribution in [0.5, 0.6) is 0 Å². The van der Waals surface area contributed by atoms with E-state index in [1.54, 1.807) is 6.92 Å². The van der Waals surface area contributed by atoms with Gasteiger partial charge >= 0.3 is 11.9 Å². The molecule has 41 heavy (non-hydrogen) atoms. The molecule has 5 rings (SSSR count). The van der Waals surface area contributed by atoms with E-state index in [1.807, 2.05) is 6.92 Å². The molecule has 3 heterocycles. The summed E-state index contributed by atoms with van der Waals surface area (Å²) in [6.07, 6.45) is 3.89. The Morgan fingerprint density at radius 2 is 1.88 bits per heavy atom. The topological polar surface area (TPSA) is 102 Å². The molecule has 5 aliphatic rings. The van der Waals surface area contributed by atoms with Gasteiger partial charge in [-0.1, -0.05) is 47.6 Å². The van der Waals surface area contributed by atoms with Crippen molar-refractivity contribution in [2.24, 2.45) is 46.8 Å². The first-order valence-corrected chi connectivity index (χ1v) is 16.2. The van der Waals surface area contributed by atoms with Crippen LogP contribution in [-0.4, -0.2) is 57.3 Å². The van der Waals surface area contributed by atoms with Crippen molar-refractivity contribution in [2.45, 2.75) is 142 Å². The van der Waals surface area contributed by atoms with E-state index in [9.17, 15) is 19.8 Å². The second-order valence-electron chi connectivity index (χ2n) is 15.8. The number of esters is 2. The Labute approximate surface area is 246 Å². The van der Waals surface area contributed by atoms with Crippen molar-refractivity contribution in [3.63, 3.8) is 0 Å². The summed E-state index contributed by atoms with van der Waals surface area (Å²) in [7, 11) is 0. The Hall–Kier alpha value is -1.44. The van der Waals surface area contributed by atoms with E-state index in [-0.39, 0.29) is 53.7 Å².